The summed E-state index contributed by atoms with van der Waals surface area (Å²) in [6.07, 6.45) is 1.64. The van der Waals surface area contributed by atoms with Gasteiger partial charge in [0.1, 0.15) is 12.4 Å². The van der Waals surface area contributed by atoms with Crippen molar-refractivity contribution < 1.29 is 14.3 Å². The zero-order valence-electron chi connectivity index (χ0n) is 11.8. The van der Waals surface area contributed by atoms with Gasteiger partial charge in [-0.2, -0.15) is 0 Å². The number of hydrogen-bond donors (Lipinski definition) is 0. The molecule has 0 radical (unpaired) electrons. The van der Waals surface area contributed by atoms with Gasteiger partial charge < -0.3 is 14.4 Å². The first kappa shape index (κ1) is 13.9. The fraction of sp³-hybridized carbons (Fsp3) is 0.533. The summed E-state index contributed by atoms with van der Waals surface area (Å²) in [5.41, 5.74) is 0.687. The second-order valence-electron chi connectivity index (χ2n) is 4.93. The van der Waals surface area contributed by atoms with Crippen molar-refractivity contribution in [1.82, 2.24) is 4.90 Å². The Labute approximate surface area is 114 Å². The summed E-state index contributed by atoms with van der Waals surface area (Å²) in [5.74, 6) is 0.857. The first-order chi connectivity index (χ1) is 9.11. The molecule has 1 heterocycles. The second kappa shape index (κ2) is 5.61. The number of benzene rings is 1. The number of carbonyl (C=O) groups is 1. The number of ether oxygens (including phenoxy) is 2. The van der Waals surface area contributed by atoms with Gasteiger partial charge in [0, 0.05) is 13.6 Å². The maximum Gasteiger partial charge on any atom is 0.248 e. The number of methoxy groups -OCH3 is 1. The lowest BCUT2D eigenvalue weighted by Crippen LogP contribution is -2.29. The molecule has 0 aromatic heterocycles. The lowest BCUT2D eigenvalue weighted by molar-refractivity contribution is -0.137. The Morgan fingerprint density at radius 2 is 2.26 bits per heavy atom. The first-order valence-corrected chi connectivity index (χ1v) is 6.64. The van der Waals surface area contributed by atoms with Crippen LogP contribution in [0.1, 0.15) is 25.3 Å². The summed E-state index contributed by atoms with van der Waals surface area (Å²) in [6, 6.07) is 7.92. The minimum Gasteiger partial charge on any atom is -0.497 e. The summed E-state index contributed by atoms with van der Waals surface area (Å²) in [6.45, 7) is 2.95. The van der Waals surface area contributed by atoms with Crippen LogP contribution in [0.5, 0.6) is 5.75 Å². The predicted octanol–water partition coefficient (Wildman–Crippen LogP) is 2.18. The van der Waals surface area contributed by atoms with Gasteiger partial charge in [-0.15, -0.1) is 0 Å². The third kappa shape index (κ3) is 2.73. The van der Waals surface area contributed by atoms with Crippen molar-refractivity contribution in [1.29, 1.82) is 0 Å². The SMILES string of the molecule is CCC1(c2cccc(OC)c2)CCN(C)C(=O)CO1. The molecule has 1 amide bonds. The van der Waals surface area contributed by atoms with Crippen LogP contribution in [0, 0.1) is 0 Å². The Kier molecular flexibility index (Phi) is 4.10. The quantitative estimate of drug-likeness (QED) is 0.839. The molecule has 1 aromatic carbocycles. The highest BCUT2D eigenvalue weighted by Gasteiger charge is 2.35. The Bertz CT molecular complexity index is 460. The van der Waals surface area contributed by atoms with Crippen molar-refractivity contribution >= 4 is 5.91 Å². The van der Waals surface area contributed by atoms with Gasteiger partial charge in [0.05, 0.1) is 12.7 Å². The van der Waals surface area contributed by atoms with Crippen LogP contribution in [0.2, 0.25) is 0 Å². The molecular formula is C15H21NO3. The fourth-order valence-electron chi connectivity index (χ4n) is 2.47. The number of amides is 1. The fourth-order valence-corrected chi connectivity index (χ4v) is 2.47. The van der Waals surface area contributed by atoms with E-state index in [0.29, 0.717) is 6.54 Å². The Hall–Kier alpha value is -1.55. The van der Waals surface area contributed by atoms with E-state index < -0.39 is 5.60 Å². The van der Waals surface area contributed by atoms with Crippen LogP contribution in [0.25, 0.3) is 0 Å². The van der Waals surface area contributed by atoms with Gasteiger partial charge in [-0.3, -0.25) is 4.79 Å². The van der Waals surface area contributed by atoms with Crippen LogP contribution in [0.4, 0.5) is 0 Å². The van der Waals surface area contributed by atoms with Crippen molar-refractivity contribution in [2.75, 3.05) is 27.3 Å². The topological polar surface area (TPSA) is 38.8 Å². The van der Waals surface area contributed by atoms with E-state index in [0.717, 1.165) is 24.2 Å². The summed E-state index contributed by atoms with van der Waals surface area (Å²) in [4.78, 5) is 13.5. The largest absolute Gasteiger partial charge is 0.497 e. The summed E-state index contributed by atoms with van der Waals surface area (Å²) in [5, 5.41) is 0. The lowest BCUT2D eigenvalue weighted by Gasteiger charge is -2.31. The van der Waals surface area contributed by atoms with Gasteiger partial charge in [-0.05, 0) is 30.5 Å². The van der Waals surface area contributed by atoms with Crippen LogP contribution >= 0.6 is 0 Å². The number of likely N-dealkylation sites (N-methyl/N-ethyl adjacent to an activating group) is 1. The van der Waals surface area contributed by atoms with Crippen LogP contribution in [-0.4, -0.2) is 38.1 Å². The average molecular weight is 263 g/mol. The molecule has 1 atom stereocenters. The molecule has 1 unspecified atom stereocenters. The van der Waals surface area contributed by atoms with E-state index in [2.05, 4.69) is 6.92 Å². The molecule has 0 saturated carbocycles. The highest BCUT2D eigenvalue weighted by atomic mass is 16.5. The van der Waals surface area contributed by atoms with E-state index in [-0.39, 0.29) is 12.5 Å². The molecule has 0 aliphatic carbocycles. The molecule has 4 nitrogen and oxygen atoms in total. The zero-order chi connectivity index (χ0) is 13.9. The Morgan fingerprint density at radius 1 is 1.47 bits per heavy atom. The molecule has 1 fully saturated rings. The van der Waals surface area contributed by atoms with Crippen LogP contribution in [-0.2, 0) is 15.1 Å². The summed E-state index contributed by atoms with van der Waals surface area (Å²) >= 11 is 0. The van der Waals surface area contributed by atoms with Gasteiger partial charge in [0.25, 0.3) is 0 Å². The van der Waals surface area contributed by atoms with E-state index in [1.54, 1.807) is 12.0 Å². The van der Waals surface area contributed by atoms with Crippen molar-refractivity contribution in [2.45, 2.75) is 25.4 Å². The van der Waals surface area contributed by atoms with Gasteiger partial charge in [-0.25, -0.2) is 0 Å². The molecule has 1 saturated heterocycles. The number of carbonyl (C=O) groups excluding carboxylic acids is 1. The number of rotatable bonds is 3. The summed E-state index contributed by atoms with van der Waals surface area (Å²) < 4.78 is 11.2. The van der Waals surface area contributed by atoms with E-state index in [1.165, 1.54) is 0 Å². The zero-order valence-corrected chi connectivity index (χ0v) is 11.8. The minimum atomic E-state index is -0.394. The minimum absolute atomic E-state index is 0.0400. The van der Waals surface area contributed by atoms with Gasteiger partial charge in [0.2, 0.25) is 5.91 Å². The molecule has 0 bridgehead atoms. The third-order valence-electron chi connectivity index (χ3n) is 3.92. The van der Waals surface area contributed by atoms with Gasteiger partial charge >= 0.3 is 0 Å². The molecule has 2 rings (SSSR count). The molecule has 104 valence electrons. The number of nitrogens with zero attached hydrogens (tertiary/aromatic N) is 1. The maximum absolute atomic E-state index is 11.7. The molecule has 1 aliphatic heterocycles. The van der Waals surface area contributed by atoms with Gasteiger partial charge in [-0.1, -0.05) is 19.1 Å². The summed E-state index contributed by atoms with van der Waals surface area (Å²) in [7, 11) is 3.48. The number of hydrogen-bond acceptors (Lipinski definition) is 3. The third-order valence-corrected chi connectivity index (χ3v) is 3.92. The lowest BCUT2D eigenvalue weighted by atomic mass is 9.87. The maximum atomic E-state index is 11.7. The van der Waals surface area contributed by atoms with E-state index in [4.69, 9.17) is 9.47 Å². The van der Waals surface area contributed by atoms with Crippen LogP contribution in [0.3, 0.4) is 0 Å². The predicted molar refractivity (Wildman–Crippen MR) is 73.2 cm³/mol. The normalized spacial score (nSPS) is 24.2. The van der Waals surface area contributed by atoms with Crippen LogP contribution < -0.4 is 4.74 Å². The molecule has 0 spiro atoms. The average Bonchev–Trinajstić information content (AvgIpc) is 2.61. The van der Waals surface area contributed by atoms with Crippen molar-refractivity contribution in [3.8, 4) is 5.75 Å². The highest BCUT2D eigenvalue weighted by Crippen LogP contribution is 2.36. The second-order valence-corrected chi connectivity index (χ2v) is 4.93. The van der Waals surface area contributed by atoms with E-state index in [1.807, 2.05) is 31.3 Å². The van der Waals surface area contributed by atoms with Crippen LogP contribution in [0.15, 0.2) is 24.3 Å². The van der Waals surface area contributed by atoms with Crippen molar-refractivity contribution in [3.63, 3.8) is 0 Å². The van der Waals surface area contributed by atoms with E-state index >= 15 is 0 Å². The molecule has 1 aliphatic rings. The first-order valence-electron chi connectivity index (χ1n) is 6.64. The molecule has 1 aromatic rings. The molecular weight excluding hydrogens is 242 g/mol. The van der Waals surface area contributed by atoms with Gasteiger partial charge in [0.15, 0.2) is 0 Å². The molecule has 19 heavy (non-hydrogen) atoms. The highest BCUT2D eigenvalue weighted by molar-refractivity contribution is 5.77. The monoisotopic (exact) mass is 263 g/mol. The van der Waals surface area contributed by atoms with E-state index in [9.17, 15) is 4.79 Å². The Balaban J connectivity index is 2.33. The van der Waals surface area contributed by atoms with Crippen molar-refractivity contribution in [2.24, 2.45) is 0 Å². The van der Waals surface area contributed by atoms with Crippen molar-refractivity contribution in [3.05, 3.63) is 29.8 Å². The smallest absolute Gasteiger partial charge is 0.248 e. The standard InChI is InChI=1S/C15H21NO3/c1-4-15(8-9-16(2)14(17)11-19-15)12-6-5-7-13(10-12)18-3/h5-7,10H,4,8-9,11H2,1-3H3. The Morgan fingerprint density at radius 3 is 2.95 bits per heavy atom. The molecule has 4 heteroatoms. The molecule has 0 N–H and O–H groups in total.